The molecule has 2 fully saturated rings. The van der Waals surface area contributed by atoms with Gasteiger partial charge in [0.15, 0.2) is 0 Å². The van der Waals surface area contributed by atoms with E-state index in [1.807, 2.05) is 13.8 Å². The van der Waals surface area contributed by atoms with Gasteiger partial charge in [-0.25, -0.2) is 4.79 Å². The predicted octanol–water partition coefficient (Wildman–Crippen LogP) is 5.46. The molecular weight excluding hydrogens is 658 g/mol. The molecule has 3 unspecified atom stereocenters. The highest BCUT2D eigenvalue weighted by atomic mass is 16.6. The highest BCUT2D eigenvalue weighted by Crippen LogP contribution is 2.67. The Hall–Kier alpha value is -4.71. The van der Waals surface area contributed by atoms with Crippen molar-refractivity contribution in [2.75, 3.05) is 6.61 Å². The quantitative estimate of drug-likeness (QED) is 0.213. The summed E-state index contributed by atoms with van der Waals surface area (Å²) in [5.74, 6) is -2.19. The number of phenols is 1. The molecule has 1 aliphatic heterocycles. The molecule has 12 heteroatoms. The first-order valence-corrected chi connectivity index (χ1v) is 17.4. The largest absolute Gasteiger partial charge is 0.508 e. The number of esters is 3. The number of carbonyl (C=O) groups excluding carboxylic acids is 3. The number of pyridine rings is 1. The van der Waals surface area contributed by atoms with Crippen LogP contribution >= 0.6 is 0 Å². The molecular formula is C39H45NO11. The maximum atomic E-state index is 13.7. The Bertz CT molecular complexity index is 1840. The number of ether oxygens (including phenoxy) is 4. The Labute approximate surface area is 296 Å². The molecule has 3 heterocycles. The zero-order valence-corrected chi connectivity index (χ0v) is 29.5. The van der Waals surface area contributed by atoms with E-state index < -0.39 is 70.1 Å². The monoisotopic (exact) mass is 703 g/mol. The third-order valence-corrected chi connectivity index (χ3v) is 11.5. The Morgan fingerprint density at radius 2 is 1.76 bits per heavy atom. The highest BCUT2D eigenvalue weighted by molar-refractivity contribution is 5.70. The third kappa shape index (κ3) is 6.73. The van der Waals surface area contributed by atoms with E-state index in [1.165, 1.54) is 13.8 Å². The van der Waals surface area contributed by atoms with Crippen molar-refractivity contribution in [3.05, 3.63) is 76.4 Å². The van der Waals surface area contributed by atoms with Crippen LogP contribution in [-0.4, -0.2) is 57.5 Å². The van der Waals surface area contributed by atoms with Gasteiger partial charge in [0.25, 0.3) is 0 Å². The van der Waals surface area contributed by atoms with Crippen LogP contribution in [0, 0.1) is 22.7 Å². The average Bonchev–Trinajstić information content (AvgIpc) is 3.07. The van der Waals surface area contributed by atoms with Crippen molar-refractivity contribution < 1.29 is 48.0 Å². The third-order valence-electron chi connectivity index (χ3n) is 11.5. The van der Waals surface area contributed by atoms with E-state index in [0.29, 0.717) is 31.2 Å². The van der Waals surface area contributed by atoms with Crippen LogP contribution in [-0.2, 0) is 35.0 Å². The van der Waals surface area contributed by atoms with Gasteiger partial charge in [-0.1, -0.05) is 26.0 Å². The number of phenolic OH excluding ortho intramolecular Hbond substituents is 1. The van der Waals surface area contributed by atoms with Gasteiger partial charge in [-0.05, 0) is 80.2 Å². The molecule has 6 rings (SSSR count). The van der Waals surface area contributed by atoms with E-state index in [2.05, 4.69) is 4.98 Å². The van der Waals surface area contributed by atoms with Crippen molar-refractivity contribution in [1.29, 1.82) is 0 Å². The Balaban J connectivity index is 1.40. The maximum absolute atomic E-state index is 13.7. The van der Waals surface area contributed by atoms with E-state index in [-0.39, 0.29) is 42.3 Å². The summed E-state index contributed by atoms with van der Waals surface area (Å²) < 4.78 is 30.3. The number of aliphatic hydroxyl groups excluding tert-OH is 1. The van der Waals surface area contributed by atoms with E-state index in [9.17, 15) is 29.4 Å². The fourth-order valence-corrected chi connectivity index (χ4v) is 9.15. The number of hydrogen-bond acceptors (Lipinski definition) is 12. The first-order chi connectivity index (χ1) is 24.2. The van der Waals surface area contributed by atoms with Gasteiger partial charge in [0, 0.05) is 55.6 Å². The minimum Gasteiger partial charge on any atom is -0.508 e. The molecule has 1 aromatic carbocycles. The van der Waals surface area contributed by atoms with Crippen LogP contribution in [0.2, 0.25) is 0 Å². The van der Waals surface area contributed by atoms with E-state index in [4.69, 9.17) is 23.4 Å². The van der Waals surface area contributed by atoms with Crippen LogP contribution in [0.4, 0.5) is 0 Å². The number of benzene rings is 1. The summed E-state index contributed by atoms with van der Waals surface area (Å²) in [5.41, 5.74) is -2.35. The molecule has 12 nitrogen and oxygen atoms in total. The molecule has 2 N–H and O–H groups in total. The van der Waals surface area contributed by atoms with Gasteiger partial charge in [0.05, 0.1) is 6.10 Å². The van der Waals surface area contributed by atoms with Crippen molar-refractivity contribution >= 4 is 17.9 Å². The van der Waals surface area contributed by atoms with Gasteiger partial charge in [0.1, 0.15) is 47.2 Å². The van der Waals surface area contributed by atoms with Gasteiger partial charge in [-0.3, -0.25) is 19.4 Å². The summed E-state index contributed by atoms with van der Waals surface area (Å²) in [5, 5.41) is 21.9. The molecule has 0 saturated heterocycles. The molecule has 0 amide bonds. The minimum absolute atomic E-state index is 0.0326. The van der Waals surface area contributed by atoms with Crippen LogP contribution in [0.25, 0.3) is 11.3 Å². The zero-order chi connectivity index (χ0) is 36.7. The minimum atomic E-state index is -1.38. The topological polar surface area (TPSA) is 172 Å². The number of hydrogen-bond donors (Lipinski definition) is 2. The normalized spacial score (nSPS) is 30.8. The molecule has 0 spiro atoms. The lowest BCUT2D eigenvalue weighted by atomic mass is 9.42. The number of aryl methyl sites for hydroxylation is 1. The number of aromatic hydroxyl groups is 1. The summed E-state index contributed by atoms with van der Waals surface area (Å²) in [4.78, 5) is 55.9. The standard InChI is InChI=1S/C39H45NO11/c1-22(41)47-21-38(4)29-19-31(50-32(44)10-6-8-24-11-13-26(43)14-12-24)39(5)35(37(29,3)16-15-30(38)48-23(2)42)34(45)33-28(51-39)18-27(49-36(33)46)25-9-7-17-40-20-25/h7,9,11-14,17-18,20,29-31,34-35,43,45H,6,8,10,15-16,19,21H2,1-5H3/t29?,30-,31-,34-,35?,37-,38?,39+/m0/s1. The van der Waals surface area contributed by atoms with Crippen LogP contribution in [0.5, 0.6) is 11.5 Å². The molecule has 51 heavy (non-hydrogen) atoms. The Morgan fingerprint density at radius 3 is 2.43 bits per heavy atom. The molecule has 2 aromatic heterocycles. The molecule has 0 bridgehead atoms. The van der Waals surface area contributed by atoms with Gasteiger partial charge in [-0.2, -0.15) is 0 Å². The molecule has 2 saturated carbocycles. The Kier molecular flexibility index (Phi) is 9.75. The smallest absolute Gasteiger partial charge is 0.345 e. The second-order valence-electron chi connectivity index (χ2n) is 14.8. The Morgan fingerprint density at radius 1 is 1.02 bits per heavy atom. The molecule has 8 atom stereocenters. The fourth-order valence-electron chi connectivity index (χ4n) is 9.15. The first-order valence-electron chi connectivity index (χ1n) is 17.4. The average molecular weight is 704 g/mol. The summed E-state index contributed by atoms with van der Waals surface area (Å²) in [6, 6.07) is 11.8. The van der Waals surface area contributed by atoms with Crippen molar-refractivity contribution in [2.24, 2.45) is 22.7 Å². The lowest BCUT2D eigenvalue weighted by molar-refractivity contribution is -0.271. The lowest BCUT2D eigenvalue weighted by Crippen LogP contribution is -2.71. The second-order valence-corrected chi connectivity index (χ2v) is 14.8. The highest BCUT2D eigenvalue weighted by Gasteiger charge is 2.71. The van der Waals surface area contributed by atoms with Gasteiger partial charge >= 0.3 is 23.5 Å². The molecule has 2 aliphatic carbocycles. The second kappa shape index (κ2) is 13.8. The van der Waals surface area contributed by atoms with Crippen LogP contribution in [0.15, 0.2) is 64.1 Å². The molecule has 0 radical (unpaired) electrons. The summed E-state index contributed by atoms with van der Waals surface area (Å²) in [6.07, 6.45) is 2.46. The van der Waals surface area contributed by atoms with Crippen molar-refractivity contribution in [2.45, 2.75) is 97.1 Å². The van der Waals surface area contributed by atoms with E-state index in [1.54, 1.807) is 61.8 Å². The lowest BCUT2D eigenvalue weighted by Gasteiger charge is -2.66. The molecule has 272 valence electrons. The van der Waals surface area contributed by atoms with Crippen molar-refractivity contribution in [3.63, 3.8) is 0 Å². The number of rotatable bonds is 9. The van der Waals surface area contributed by atoms with Gasteiger partial charge in [0.2, 0.25) is 0 Å². The van der Waals surface area contributed by atoms with Crippen LogP contribution < -0.4 is 10.4 Å². The number of fused-ring (bicyclic) bond motifs is 4. The zero-order valence-electron chi connectivity index (χ0n) is 29.5. The van der Waals surface area contributed by atoms with Crippen molar-refractivity contribution in [1.82, 2.24) is 4.98 Å². The van der Waals surface area contributed by atoms with Gasteiger partial charge in [-0.15, -0.1) is 0 Å². The number of aliphatic hydroxyl groups is 1. The fraction of sp³-hybridized carbons (Fsp3) is 0.513. The predicted molar refractivity (Wildman–Crippen MR) is 182 cm³/mol. The summed E-state index contributed by atoms with van der Waals surface area (Å²) in [6.45, 7) is 8.26. The van der Waals surface area contributed by atoms with E-state index in [0.717, 1.165) is 5.56 Å². The first kappa shape index (κ1) is 36.1. The number of carbonyl (C=O) groups is 3. The molecule has 3 aliphatic rings. The summed E-state index contributed by atoms with van der Waals surface area (Å²) in [7, 11) is 0. The number of nitrogens with zero attached hydrogens (tertiary/aromatic N) is 1. The maximum Gasteiger partial charge on any atom is 0.345 e. The molecule has 3 aromatic rings. The van der Waals surface area contributed by atoms with Crippen molar-refractivity contribution in [3.8, 4) is 22.8 Å². The van der Waals surface area contributed by atoms with Crippen LogP contribution in [0.1, 0.15) is 84.0 Å². The SMILES string of the molecule is CC(=O)OCC1(C)C2C[C@H](OC(=O)CCCc3ccc(O)cc3)[C@@]3(C)Oc4cc(-c5cccnc5)oc(=O)c4[C@H](O)C3[C@@]2(C)CC[C@@H]1OC(C)=O. The van der Waals surface area contributed by atoms with Gasteiger partial charge < -0.3 is 33.6 Å². The van der Waals surface area contributed by atoms with Crippen LogP contribution in [0.3, 0.4) is 0 Å². The van der Waals surface area contributed by atoms with E-state index >= 15 is 0 Å². The summed E-state index contributed by atoms with van der Waals surface area (Å²) >= 11 is 0. The number of aromatic nitrogens is 1.